The standard InChI is InChI=1S/C10H14F2OS/c11-10(12)5-8(6-10)4-9(7-13)2-1-3-14-9/h7-8H,1-6H2. The second kappa shape index (κ2) is 3.47. The zero-order valence-electron chi connectivity index (χ0n) is 7.97. The van der Waals surface area contributed by atoms with Crippen molar-refractivity contribution in [3.05, 3.63) is 0 Å². The Morgan fingerprint density at radius 2 is 2.14 bits per heavy atom. The first-order valence-corrected chi connectivity index (χ1v) is 6.02. The Morgan fingerprint density at radius 1 is 1.43 bits per heavy atom. The third kappa shape index (κ3) is 1.95. The van der Waals surface area contributed by atoms with Crippen molar-refractivity contribution < 1.29 is 13.6 Å². The number of hydrogen-bond acceptors (Lipinski definition) is 2. The van der Waals surface area contributed by atoms with Crippen molar-refractivity contribution in [3.8, 4) is 0 Å². The molecule has 0 aromatic rings. The van der Waals surface area contributed by atoms with Gasteiger partial charge >= 0.3 is 0 Å². The van der Waals surface area contributed by atoms with Gasteiger partial charge in [-0.05, 0) is 30.9 Å². The zero-order valence-corrected chi connectivity index (χ0v) is 8.79. The maximum Gasteiger partial charge on any atom is 0.248 e. The number of halogens is 2. The summed E-state index contributed by atoms with van der Waals surface area (Å²) >= 11 is 1.65. The Labute approximate surface area is 86.6 Å². The van der Waals surface area contributed by atoms with Crippen LogP contribution in [-0.2, 0) is 4.79 Å². The lowest BCUT2D eigenvalue weighted by atomic mass is 9.75. The van der Waals surface area contributed by atoms with Gasteiger partial charge < -0.3 is 4.79 Å². The van der Waals surface area contributed by atoms with E-state index in [1.54, 1.807) is 11.8 Å². The minimum Gasteiger partial charge on any atom is -0.302 e. The van der Waals surface area contributed by atoms with Gasteiger partial charge in [0.1, 0.15) is 6.29 Å². The second-order valence-electron chi connectivity index (χ2n) is 4.47. The molecule has 0 aromatic carbocycles. The molecule has 2 fully saturated rings. The maximum absolute atomic E-state index is 12.6. The molecule has 80 valence electrons. The minimum atomic E-state index is -2.45. The summed E-state index contributed by atoms with van der Waals surface area (Å²) in [4.78, 5) is 11.0. The van der Waals surface area contributed by atoms with E-state index < -0.39 is 5.92 Å². The van der Waals surface area contributed by atoms with Gasteiger partial charge in [-0.2, -0.15) is 0 Å². The molecule has 2 rings (SSSR count). The molecule has 1 aliphatic carbocycles. The van der Waals surface area contributed by atoms with Crippen molar-refractivity contribution >= 4 is 18.0 Å². The van der Waals surface area contributed by atoms with Crippen LogP contribution in [0.5, 0.6) is 0 Å². The summed E-state index contributed by atoms with van der Waals surface area (Å²) in [5.74, 6) is -1.37. The highest BCUT2D eigenvalue weighted by Gasteiger charge is 2.49. The first kappa shape index (κ1) is 10.4. The van der Waals surface area contributed by atoms with Crippen molar-refractivity contribution in [2.24, 2.45) is 5.92 Å². The minimum absolute atomic E-state index is 0.0108. The summed E-state index contributed by atoms with van der Waals surface area (Å²) in [6, 6.07) is 0. The summed E-state index contributed by atoms with van der Waals surface area (Å²) in [6.07, 6.45) is 3.56. The van der Waals surface area contributed by atoms with Gasteiger partial charge in [-0.25, -0.2) is 8.78 Å². The van der Waals surface area contributed by atoms with Gasteiger partial charge in [-0.15, -0.1) is 11.8 Å². The molecule has 1 heterocycles. The summed E-state index contributed by atoms with van der Waals surface area (Å²) in [5.41, 5.74) is 0. The van der Waals surface area contributed by atoms with E-state index in [2.05, 4.69) is 0 Å². The molecule has 0 aromatic heterocycles. The van der Waals surface area contributed by atoms with Gasteiger partial charge in [0, 0.05) is 12.8 Å². The van der Waals surface area contributed by atoms with Crippen molar-refractivity contribution in [2.45, 2.75) is 42.8 Å². The van der Waals surface area contributed by atoms with Crippen LogP contribution >= 0.6 is 11.8 Å². The van der Waals surface area contributed by atoms with Gasteiger partial charge in [0.25, 0.3) is 0 Å². The molecular weight excluding hydrogens is 206 g/mol. The van der Waals surface area contributed by atoms with E-state index in [1.165, 1.54) is 0 Å². The summed E-state index contributed by atoms with van der Waals surface area (Å²) in [6.45, 7) is 0. The number of carbonyl (C=O) groups excluding carboxylic acids is 1. The molecule has 0 amide bonds. The van der Waals surface area contributed by atoms with Crippen LogP contribution in [0.2, 0.25) is 0 Å². The van der Waals surface area contributed by atoms with Crippen LogP contribution in [0.4, 0.5) is 8.78 Å². The number of rotatable bonds is 3. The lowest BCUT2D eigenvalue weighted by Gasteiger charge is -2.38. The highest BCUT2D eigenvalue weighted by Crippen LogP contribution is 2.50. The van der Waals surface area contributed by atoms with E-state index >= 15 is 0 Å². The van der Waals surface area contributed by atoms with E-state index in [1.807, 2.05) is 0 Å². The normalized spacial score (nSPS) is 36.7. The topological polar surface area (TPSA) is 17.1 Å². The molecule has 14 heavy (non-hydrogen) atoms. The van der Waals surface area contributed by atoms with Crippen LogP contribution in [0, 0.1) is 5.92 Å². The van der Waals surface area contributed by atoms with Gasteiger partial charge in [0.2, 0.25) is 5.92 Å². The zero-order chi connectivity index (χ0) is 10.2. The fraction of sp³-hybridized carbons (Fsp3) is 0.900. The number of thioether (sulfide) groups is 1. The van der Waals surface area contributed by atoms with Crippen molar-refractivity contribution in [1.29, 1.82) is 0 Å². The second-order valence-corrected chi connectivity index (χ2v) is 5.98. The maximum atomic E-state index is 12.6. The third-order valence-electron chi connectivity index (χ3n) is 3.16. The van der Waals surface area contributed by atoms with Gasteiger partial charge in [-0.1, -0.05) is 0 Å². The SMILES string of the molecule is O=CC1(CC2CC(F)(F)C2)CCCS1. The van der Waals surface area contributed by atoms with E-state index in [0.29, 0.717) is 6.42 Å². The average Bonchev–Trinajstić information content (AvgIpc) is 2.51. The number of hydrogen-bond donors (Lipinski definition) is 0. The fourth-order valence-electron chi connectivity index (χ4n) is 2.44. The predicted molar refractivity (Wildman–Crippen MR) is 52.8 cm³/mol. The molecule has 1 nitrogen and oxygen atoms in total. The molecule has 1 aliphatic heterocycles. The van der Waals surface area contributed by atoms with Crippen LogP contribution in [-0.4, -0.2) is 22.7 Å². The average molecular weight is 220 g/mol. The molecule has 1 atom stereocenters. The van der Waals surface area contributed by atoms with Crippen molar-refractivity contribution in [3.63, 3.8) is 0 Å². The Bertz CT molecular complexity index is 228. The fourth-order valence-corrected chi connectivity index (χ4v) is 3.84. The Morgan fingerprint density at radius 3 is 2.57 bits per heavy atom. The molecule has 0 radical (unpaired) electrons. The molecule has 2 aliphatic rings. The molecule has 1 saturated carbocycles. The van der Waals surface area contributed by atoms with E-state index in [4.69, 9.17) is 0 Å². The van der Waals surface area contributed by atoms with Gasteiger partial charge in [0.05, 0.1) is 4.75 Å². The molecule has 1 unspecified atom stereocenters. The van der Waals surface area contributed by atoms with Crippen LogP contribution in [0.25, 0.3) is 0 Å². The molecule has 0 N–H and O–H groups in total. The monoisotopic (exact) mass is 220 g/mol. The summed E-state index contributed by atoms with van der Waals surface area (Å²) in [7, 11) is 0. The highest BCUT2D eigenvalue weighted by molar-refractivity contribution is 8.01. The van der Waals surface area contributed by atoms with Crippen molar-refractivity contribution in [2.75, 3.05) is 5.75 Å². The Hall–Kier alpha value is -0.120. The largest absolute Gasteiger partial charge is 0.302 e. The first-order chi connectivity index (χ1) is 6.55. The van der Waals surface area contributed by atoms with Gasteiger partial charge in [0.15, 0.2) is 0 Å². The van der Waals surface area contributed by atoms with Crippen LogP contribution in [0.1, 0.15) is 32.1 Å². The smallest absolute Gasteiger partial charge is 0.248 e. The first-order valence-electron chi connectivity index (χ1n) is 5.03. The summed E-state index contributed by atoms with van der Waals surface area (Å²) in [5, 5.41) is 0. The Kier molecular flexibility index (Phi) is 2.58. The number of alkyl halides is 2. The number of carbonyl (C=O) groups is 1. The highest BCUT2D eigenvalue weighted by atomic mass is 32.2. The van der Waals surface area contributed by atoms with E-state index in [-0.39, 0.29) is 23.5 Å². The lowest BCUT2D eigenvalue weighted by molar-refractivity contribution is -0.121. The van der Waals surface area contributed by atoms with Crippen LogP contribution in [0.3, 0.4) is 0 Å². The molecule has 0 bridgehead atoms. The molecular formula is C10H14F2OS. The van der Waals surface area contributed by atoms with E-state index in [9.17, 15) is 13.6 Å². The van der Waals surface area contributed by atoms with Crippen LogP contribution < -0.4 is 0 Å². The van der Waals surface area contributed by atoms with Crippen molar-refractivity contribution in [1.82, 2.24) is 0 Å². The predicted octanol–water partition coefficient (Wildman–Crippen LogP) is 2.89. The van der Waals surface area contributed by atoms with E-state index in [0.717, 1.165) is 24.9 Å². The third-order valence-corrected chi connectivity index (χ3v) is 4.69. The molecule has 1 saturated heterocycles. The lowest BCUT2D eigenvalue weighted by Crippen LogP contribution is -2.40. The quantitative estimate of drug-likeness (QED) is 0.680. The number of aldehydes is 1. The summed E-state index contributed by atoms with van der Waals surface area (Å²) < 4.78 is 24.9. The van der Waals surface area contributed by atoms with Crippen LogP contribution in [0.15, 0.2) is 0 Å². The Balaban J connectivity index is 1.87. The molecule has 4 heteroatoms. The van der Waals surface area contributed by atoms with Gasteiger partial charge in [-0.3, -0.25) is 0 Å². The molecule has 0 spiro atoms.